The minimum atomic E-state index is -0.220. The summed E-state index contributed by atoms with van der Waals surface area (Å²) in [6, 6.07) is 9.07. The molecule has 37 heavy (non-hydrogen) atoms. The number of carbonyl (C=O) groups excluding carboxylic acids is 1. The number of nitrogen functional groups attached to an aromatic ring is 1. The third kappa shape index (κ3) is 6.92. The lowest BCUT2D eigenvalue weighted by atomic mass is 10.1. The molecule has 3 aliphatic rings. The van der Waals surface area contributed by atoms with Crippen molar-refractivity contribution in [3.05, 3.63) is 35.4 Å². The summed E-state index contributed by atoms with van der Waals surface area (Å²) in [7, 11) is 0. The Hall–Kier alpha value is -2.87. The number of unbranched alkanes of at least 4 members (excludes halogenated alkanes) is 2. The first-order valence-corrected chi connectivity index (χ1v) is 14.2. The molecule has 1 spiro atoms. The molecule has 3 N–H and O–H groups in total. The zero-order chi connectivity index (χ0) is 26.3. The van der Waals surface area contributed by atoms with Gasteiger partial charge < -0.3 is 20.7 Å². The highest BCUT2D eigenvalue weighted by molar-refractivity contribution is 6.00. The summed E-state index contributed by atoms with van der Waals surface area (Å²) in [5.41, 5.74) is 9.10. The Kier molecular flexibility index (Phi) is 9.24. The maximum Gasteiger partial charge on any atom is 0.320 e. The number of benzene rings is 1. The van der Waals surface area contributed by atoms with Crippen molar-refractivity contribution in [2.45, 2.75) is 97.2 Å². The number of rotatable bonds is 9. The smallest absolute Gasteiger partial charge is 0.320 e. The van der Waals surface area contributed by atoms with Crippen LogP contribution in [0, 0.1) is 0 Å². The first-order valence-electron chi connectivity index (χ1n) is 14.2. The van der Waals surface area contributed by atoms with Crippen LogP contribution in [0.1, 0.15) is 89.7 Å². The normalized spacial score (nSPS) is 18.0. The van der Waals surface area contributed by atoms with Crippen molar-refractivity contribution < 1.29 is 9.53 Å². The van der Waals surface area contributed by atoms with Crippen molar-refractivity contribution in [2.75, 3.05) is 35.6 Å². The second-order valence-corrected chi connectivity index (χ2v) is 10.6. The number of hydrogen-bond donors (Lipinski definition) is 2. The molecule has 0 atom stereocenters. The lowest BCUT2D eigenvalue weighted by Gasteiger charge is -2.32. The molecule has 1 aliphatic carbocycles. The summed E-state index contributed by atoms with van der Waals surface area (Å²) in [4.78, 5) is 26.5. The minimum Gasteiger partial charge on any atom is -0.463 e. The number of nitrogens with one attached hydrogen (secondary N) is 1. The van der Waals surface area contributed by atoms with Gasteiger partial charge in [-0.05, 0) is 56.3 Å². The van der Waals surface area contributed by atoms with E-state index in [9.17, 15) is 4.79 Å². The van der Waals surface area contributed by atoms with Crippen molar-refractivity contribution in [1.29, 1.82) is 0 Å². The SMILES string of the molecule is CCCC.CCCCOc1nc(N)c2c(n1)N(Cc1cccc(CN3CCCC3)c1)C1(CC1)CC(=O)N2. The van der Waals surface area contributed by atoms with Crippen molar-refractivity contribution in [3.63, 3.8) is 0 Å². The summed E-state index contributed by atoms with van der Waals surface area (Å²) in [6.45, 7) is 11.0. The van der Waals surface area contributed by atoms with Gasteiger partial charge in [0.15, 0.2) is 11.6 Å². The molecule has 1 amide bonds. The molecule has 0 unspecified atom stereocenters. The number of hydrogen-bond acceptors (Lipinski definition) is 7. The average Bonchev–Trinajstić information content (AvgIpc) is 3.50. The van der Waals surface area contributed by atoms with E-state index in [0.717, 1.165) is 32.2 Å². The number of anilines is 3. The molecule has 1 saturated carbocycles. The molecule has 202 valence electrons. The fourth-order valence-electron chi connectivity index (χ4n) is 4.98. The predicted molar refractivity (Wildman–Crippen MR) is 150 cm³/mol. The van der Waals surface area contributed by atoms with Crippen LogP contribution >= 0.6 is 0 Å². The van der Waals surface area contributed by atoms with Crippen LogP contribution in [0.2, 0.25) is 0 Å². The van der Waals surface area contributed by atoms with E-state index in [4.69, 9.17) is 15.5 Å². The van der Waals surface area contributed by atoms with Gasteiger partial charge in [-0.25, -0.2) is 0 Å². The number of amides is 1. The van der Waals surface area contributed by atoms with E-state index in [1.54, 1.807) is 0 Å². The summed E-state index contributed by atoms with van der Waals surface area (Å²) >= 11 is 0. The highest BCUT2D eigenvalue weighted by Crippen LogP contribution is 2.51. The molecule has 2 aliphatic heterocycles. The van der Waals surface area contributed by atoms with Gasteiger partial charge in [0.1, 0.15) is 5.69 Å². The molecule has 2 fully saturated rings. The monoisotopic (exact) mass is 508 g/mol. The van der Waals surface area contributed by atoms with Gasteiger partial charge in [-0.1, -0.05) is 64.3 Å². The third-order valence-corrected chi connectivity index (χ3v) is 7.47. The van der Waals surface area contributed by atoms with Crippen LogP contribution in [0.15, 0.2) is 24.3 Å². The molecule has 2 aromatic rings. The quantitative estimate of drug-likeness (QED) is 0.430. The Balaban J connectivity index is 0.000000747. The van der Waals surface area contributed by atoms with E-state index in [0.29, 0.717) is 31.1 Å². The number of fused-ring (bicyclic) bond motifs is 1. The lowest BCUT2D eigenvalue weighted by molar-refractivity contribution is -0.116. The first kappa shape index (κ1) is 27.2. The van der Waals surface area contributed by atoms with Gasteiger partial charge in [0.05, 0.1) is 18.6 Å². The molecule has 0 radical (unpaired) electrons. The molecule has 0 bridgehead atoms. The molecule has 3 heterocycles. The van der Waals surface area contributed by atoms with Gasteiger partial charge in [0.2, 0.25) is 5.91 Å². The second-order valence-electron chi connectivity index (χ2n) is 10.6. The van der Waals surface area contributed by atoms with E-state index < -0.39 is 0 Å². The van der Waals surface area contributed by atoms with Crippen molar-refractivity contribution in [1.82, 2.24) is 14.9 Å². The number of likely N-dealkylation sites (tertiary alicyclic amines) is 1. The Morgan fingerprint density at radius 2 is 1.73 bits per heavy atom. The first-order chi connectivity index (χ1) is 18.0. The van der Waals surface area contributed by atoms with Crippen LogP contribution in [0.3, 0.4) is 0 Å². The predicted octanol–water partition coefficient (Wildman–Crippen LogP) is 5.52. The zero-order valence-corrected chi connectivity index (χ0v) is 22.9. The number of ether oxygens (including phenoxy) is 1. The second kappa shape index (κ2) is 12.6. The van der Waals surface area contributed by atoms with E-state index in [1.807, 2.05) is 0 Å². The van der Waals surface area contributed by atoms with Crippen molar-refractivity contribution in [3.8, 4) is 6.01 Å². The summed E-state index contributed by atoms with van der Waals surface area (Å²) in [5, 5.41) is 2.96. The summed E-state index contributed by atoms with van der Waals surface area (Å²) in [5.74, 6) is 0.890. The lowest BCUT2D eigenvalue weighted by Crippen LogP contribution is -2.38. The van der Waals surface area contributed by atoms with Crippen LogP contribution in [-0.2, 0) is 17.9 Å². The van der Waals surface area contributed by atoms with Crippen LogP contribution in [0.25, 0.3) is 0 Å². The van der Waals surface area contributed by atoms with Crippen LogP contribution < -0.4 is 20.7 Å². The minimum absolute atomic E-state index is 0.0333. The fraction of sp³-hybridized carbons (Fsp3) is 0.621. The van der Waals surface area contributed by atoms with E-state index in [-0.39, 0.29) is 23.3 Å². The molecular formula is C29H44N6O2. The average molecular weight is 509 g/mol. The molecule has 1 aromatic heterocycles. The van der Waals surface area contributed by atoms with Gasteiger partial charge in [-0.2, -0.15) is 9.97 Å². The largest absolute Gasteiger partial charge is 0.463 e. The molecule has 5 rings (SSSR count). The van der Waals surface area contributed by atoms with E-state index in [2.05, 4.69) is 65.1 Å². The summed E-state index contributed by atoms with van der Waals surface area (Å²) in [6.07, 6.45) is 9.53. The Morgan fingerprint density at radius 3 is 2.38 bits per heavy atom. The molecular weight excluding hydrogens is 464 g/mol. The van der Waals surface area contributed by atoms with Crippen LogP contribution in [0.4, 0.5) is 17.3 Å². The van der Waals surface area contributed by atoms with Gasteiger partial charge in [-0.15, -0.1) is 0 Å². The molecule has 8 heteroatoms. The fourth-order valence-corrected chi connectivity index (χ4v) is 4.98. The van der Waals surface area contributed by atoms with Crippen molar-refractivity contribution in [2.24, 2.45) is 0 Å². The van der Waals surface area contributed by atoms with Crippen molar-refractivity contribution >= 4 is 23.2 Å². The molecule has 8 nitrogen and oxygen atoms in total. The Bertz CT molecular complexity index is 1050. The van der Waals surface area contributed by atoms with E-state index >= 15 is 0 Å². The topological polar surface area (TPSA) is 96.6 Å². The highest BCUT2D eigenvalue weighted by atomic mass is 16.5. The van der Waals surface area contributed by atoms with Crippen LogP contribution in [0.5, 0.6) is 6.01 Å². The van der Waals surface area contributed by atoms with Gasteiger partial charge in [0, 0.05) is 13.1 Å². The van der Waals surface area contributed by atoms with Gasteiger partial charge in [0.25, 0.3) is 0 Å². The Morgan fingerprint density at radius 1 is 1.03 bits per heavy atom. The number of carbonyl (C=O) groups is 1. The molecule has 1 aromatic carbocycles. The highest BCUT2D eigenvalue weighted by Gasteiger charge is 2.52. The zero-order valence-electron chi connectivity index (χ0n) is 22.9. The summed E-state index contributed by atoms with van der Waals surface area (Å²) < 4.78 is 5.79. The van der Waals surface area contributed by atoms with E-state index in [1.165, 1.54) is 49.9 Å². The number of nitrogens with zero attached hydrogens (tertiary/aromatic N) is 4. The molecule has 1 saturated heterocycles. The van der Waals surface area contributed by atoms with Crippen LogP contribution in [-0.4, -0.2) is 46.0 Å². The van der Waals surface area contributed by atoms with Gasteiger partial charge >= 0.3 is 6.01 Å². The number of aromatic nitrogens is 2. The Labute approximate surface area is 222 Å². The third-order valence-electron chi connectivity index (χ3n) is 7.47. The maximum atomic E-state index is 12.7. The standard InChI is InChI=1S/C25H34N6O2.C4H10/c1-2-3-13-33-24-28-22(26)21-23(29-24)31(25(9-10-25)15-20(32)27-21)17-19-8-6-7-18(14-19)16-30-11-4-5-12-30;1-3-4-2/h6-8,14H,2-5,9-13,15-17H2,1H3,(H,27,32)(H2,26,28,29);3-4H2,1-2H3. The van der Waals surface area contributed by atoms with Gasteiger partial charge in [-0.3, -0.25) is 9.69 Å². The maximum absolute atomic E-state index is 12.7. The number of nitrogens with two attached hydrogens (primary N) is 1.